The van der Waals surface area contributed by atoms with Gasteiger partial charge in [0, 0.05) is 18.6 Å². The summed E-state index contributed by atoms with van der Waals surface area (Å²) in [4.78, 5) is 25.6. The molecule has 3 N–H and O–H groups in total. The van der Waals surface area contributed by atoms with Crippen LogP contribution in [0, 0.1) is 11.3 Å². The molecular weight excluding hydrogens is 270 g/mol. The van der Waals surface area contributed by atoms with E-state index in [4.69, 9.17) is 0 Å². The molecule has 3 unspecified atom stereocenters. The number of nitrogens with zero attached hydrogens (tertiary/aromatic N) is 1. The van der Waals surface area contributed by atoms with Gasteiger partial charge in [0.2, 0.25) is 0 Å². The number of urea groups is 1. The smallest absolute Gasteiger partial charge is 0.315 e. The lowest BCUT2D eigenvalue weighted by Crippen LogP contribution is -2.54. The first kappa shape index (κ1) is 17.8. The molecular formula is C15H29N3O3. The lowest BCUT2D eigenvalue weighted by molar-refractivity contribution is -0.148. The Morgan fingerprint density at radius 1 is 1.38 bits per heavy atom. The summed E-state index contributed by atoms with van der Waals surface area (Å²) in [6.07, 6.45) is 2.16. The second-order valence-electron chi connectivity index (χ2n) is 6.90. The maximum absolute atomic E-state index is 12.2. The molecule has 1 aliphatic rings. The van der Waals surface area contributed by atoms with Crippen molar-refractivity contribution in [1.82, 2.24) is 15.5 Å². The molecule has 3 atom stereocenters. The number of amides is 2. The normalized spacial score (nSPS) is 26.9. The molecule has 0 heterocycles. The molecule has 0 aliphatic heterocycles. The Labute approximate surface area is 127 Å². The van der Waals surface area contributed by atoms with Crippen LogP contribution in [0.15, 0.2) is 0 Å². The fraction of sp³-hybridized carbons (Fsp3) is 0.867. The SMILES string of the molecule is CC(C)C(CN(C)C)NC(=O)NC1CCCC1(C)C(=O)O. The summed E-state index contributed by atoms with van der Waals surface area (Å²) < 4.78 is 0. The average molecular weight is 299 g/mol. The van der Waals surface area contributed by atoms with Crippen molar-refractivity contribution >= 4 is 12.0 Å². The Morgan fingerprint density at radius 3 is 2.48 bits per heavy atom. The Kier molecular flexibility index (Phi) is 6.01. The molecule has 1 saturated carbocycles. The fourth-order valence-corrected chi connectivity index (χ4v) is 2.84. The predicted molar refractivity (Wildman–Crippen MR) is 82.2 cm³/mol. The first-order valence-electron chi connectivity index (χ1n) is 7.62. The minimum Gasteiger partial charge on any atom is -0.481 e. The standard InChI is InChI=1S/C15H29N3O3/c1-10(2)11(9-18(4)5)16-14(21)17-12-7-6-8-15(12,3)13(19)20/h10-12H,6-9H2,1-5H3,(H,19,20)(H2,16,17,21). The third-order valence-corrected chi connectivity index (χ3v) is 4.43. The van der Waals surface area contributed by atoms with Gasteiger partial charge in [-0.05, 0) is 39.8 Å². The number of hydrogen-bond acceptors (Lipinski definition) is 3. The van der Waals surface area contributed by atoms with Gasteiger partial charge in [-0.3, -0.25) is 4.79 Å². The molecule has 0 spiro atoms. The minimum atomic E-state index is -0.855. The van der Waals surface area contributed by atoms with Crippen LogP contribution in [0.2, 0.25) is 0 Å². The van der Waals surface area contributed by atoms with Crippen LogP contribution < -0.4 is 10.6 Å². The second-order valence-corrected chi connectivity index (χ2v) is 6.90. The van der Waals surface area contributed by atoms with E-state index < -0.39 is 11.4 Å². The number of carboxylic acids is 1. The van der Waals surface area contributed by atoms with Gasteiger partial charge in [0.05, 0.1) is 5.41 Å². The second kappa shape index (κ2) is 7.11. The lowest BCUT2D eigenvalue weighted by atomic mass is 9.85. The van der Waals surface area contributed by atoms with Crippen molar-refractivity contribution in [1.29, 1.82) is 0 Å². The highest BCUT2D eigenvalue weighted by molar-refractivity contribution is 5.79. The van der Waals surface area contributed by atoms with Gasteiger partial charge >= 0.3 is 12.0 Å². The molecule has 21 heavy (non-hydrogen) atoms. The molecule has 1 aliphatic carbocycles. The Bertz CT molecular complexity index is 384. The summed E-state index contributed by atoms with van der Waals surface area (Å²) in [5.74, 6) is -0.522. The highest BCUT2D eigenvalue weighted by Gasteiger charge is 2.46. The number of hydrogen-bond donors (Lipinski definition) is 3. The lowest BCUT2D eigenvalue weighted by Gasteiger charge is -2.30. The zero-order chi connectivity index (χ0) is 16.2. The van der Waals surface area contributed by atoms with Gasteiger partial charge in [-0.2, -0.15) is 0 Å². The van der Waals surface area contributed by atoms with Crippen LogP contribution >= 0.6 is 0 Å². The van der Waals surface area contributed by atoms with E-state index >= 15 is 0 Å². The van der Waals surface area contributed by atoms with Gasteiger partial charge in [0.1, 0.15) is 0 Å². The van der Waals surface area contributed by atoms with Crippen LogP contribution in [0.5, 0.6) is 0 Å². The van der Waals surface area contributed by atoms with Gasteiger partial charge in [-0.1, -0.05) is 20.3 Å². The van der Waals surface area contributed by atoms with Crippen LogP contribution in [0.1, 0.15) is 40.0 Å². The highest BCUT2D eigenvalue weighted by Crippen LogP contribution is 2.38. The molecule has 0 radical (unpaired) electrons. The topological polar surface area (TPSA) is 81.7 Å². The number of nitrogens with one attached hydrogen (secondary N) is 2. The largest absolute Gasteiger partial charge is 0.481 e. The van der Waals surface area contributed by atoms with E-state index in [0.29, 0.717) is 12.3 Å². The van der Waals surface area contributed by atoms with Crippen LogP contribution in [-0.4, -0.2) is 54.7 Å². The van der Waals surface area contributed by atoms with Crippen molar-refractivity contribution in [3.05, 3.63) is 0 Å². The minimum absolute atomic E-state index is 0.0393. The van der Waals surface area contributed by atoms with Gasteiger partial charge in [0.25, 0.3) is 0 Å². The van der Waals surface area contributed by atoms with E-state index in [1.54, 1.807) is 6.92 Å². The molecule has 122 valence electrons. The molecule has 1 fully saturated rings. The number of rotatable bonds is 6. The van der Waals surface area contributed by atoms with Crippen molar-refractivity contribution < 1.29 is 14.7 Å². The number of carbonyl (C=O) groups is 2. The van der Waals surface area contributed by atoms with Gasteiger partial charge < -0.3 is 20.6 Å². The van der Waals surface area contributed by atoms with E-state index in [9.17, 15) is 14.7 Å². The van der Waals surface area contributed by atoms with Crippen LogP contribution in [-0.2, 0) is 4.79 Å². The van der Waals surface area contributed by atoms with E-state index in [1.807, 2.05) is 19.0 Å². The third-order valence-electron chi connectivity index (χ3n) is 4.43. The number of likely N-dealkylation sites (N-methyl/N-ethyl adjacent to an activating group) is 1. The molecule has 0 bridgehead atoms. The predicted octanol–water partition coefficient (Wildman–Crippen LogP) is 1.52. The first-order chi connectivity index (χ1) is 9.66. The van der Waals surface area contributed by atoms with Crippen LogP contribution in [0.3, 0.4) is 0 Å². The molecule has 0 aromatic rings. The van der Waals surface area contributed by atoms with Crippen LogP contribution in [0.4, 0.5) is 4.79 Å². The zero-order valence-electron chi connectivity index (χ0n) is 13.8. The number of aliphatic carboxylic acids is 1. The van der Waals surface area contributed by atoms with Crippen molar-refractivity contribution in [3.8, 4) is 0 Å². The van der Waals surface area contributed by atoms with Crippen LogP contribution in [0.25, 0.3) is 0 Å². The van der Waals surface area contributed by atoms with Gasteiger partial charge in [0.15, 0.2) is 0 Å². The average Bonchev–Trinajstić information content (AvgIpc) is 2.70. The number of carbonyl (C=O) groups excluding carboxylic acids is 1. The van der Waals surface area contributed by atoms with Crippen molar-refractivity contribution in [2.45, 2.75) is 52.1 Å². The summed E-state index contributed by atoms with van der Waals surface area (Å²) in [5, 5.41) is 15.2. The maximum atomic E-state index is 12.2. The van der Waals surface area contributed by atoms with Crippen molar-refractivity contribution in [3.63, 3.8) is 0 Å². The summed E-state index contributed by atoms with van der Waals surface area (Å²) in [6, 6.07) is -0.533. The van der Waals surface area contributed by atoms with Crippen molar-refractivity contribution in [2.24, 2.45) is 11.3 Å². The molecule has 6 heteroatoms. The summed E-state index contributed by atoms with van der Waals surface area (Å²) in [7, 11) is 3.93. The van der Waals surface area contributed by atoms with E-state index in [0.717, 1.165) is 19.4 Å². The van der Waals surface area contributed by atoms with Gasteiger partial charge in [-0.15, -0.1) is 0 Å². The van der Waals surface area contributed by atoms with Crippen molar-refractivity contribution in [2.75, 3.05) is 20.6 Å². The first-order valence-corrected chi connectivity index (χ1v) is 7.62. The maximum Gasteiger partial charge on any atom is 0.315 e. The van der Waals surface area contributed by atoms with E-state index in [2.05, 4.69) is 24.5 Å². The Morgan fingerprint density at radius 2 is 2.00 bits per heavy atom. The summed E-state index contributed by atoms with van der Waals surface area (Å²) >= 11 is 0. The van der Waals surface area contributed by atoms with E-state index in [1.165, 1.54) is 0 Å². The molecule has 0 aromatic heterocycles. The molecule has 0 saturated heterocycles. The summed E-state index contributed by atoms with van der Waals surface area (Å²) in [5.41, 5.74) is -0.855. The fourth-order valence-electron chi connectivity index (χ4n) is 2.84. The quantitative estimate of drug-likeness (QED) is 0.694. The molecule has 1 rings (SSSR count). The molecule has 2 amide bonds. The highest BCUT2D eigenvalue weighted by atomic mass is 16.4. The Balaban J connectivity index is 2.62. The van der Waals surface area contributed by atoms with E-state index in [-0.39, 0.29) is 18.1 Å². The molecule has 6 nitrogen and oxygen atoms in total. The monoisotopic (exact) mass is 299 g/mol. The molecule has 0 aromatic carbocycles. The zero-order valence-corrected chi connectivity index (χ0v) is 13.8. The summed E-state index contributed by atoms with van der Waals surface area (Å²) in [6.45, 7) is 6.59. The van der Waals surface area contributed by atoms with Gasteiger partial charge in [-0.25, -0.2) is 4.79 Å². The third kappa shape index (κ3) is 4.59. The number of carboxylic acid groups (broad SMARTS) is 1. The Hall–Kier alpha value is -1.30.